The Bertz CT molecular complexity index is 1190. The molecular formula is C25H27Cl2N3O5. The first-order valence-corrected chi connectivity index (χ1v) is 11.7. The van der Waals surface area contributed by atoms with Gasteiger partial charge in [0, 0.05) is 6.07 Å². The zero-order valence-electron chi connectivity index (χ0n) is 19.5. The Balaban J connectivity index is 1.92. The lowest BCUT2D eigenvalue weighted by Gasteiger charge is -2.25. The summed E-state index contributed by atoms with van der Waals surface area (Å²) in [6.07, 6.45) is -1.17. The molecule has 35 heavy (non-hydrogen) atoms. The van der Waals surface area contributed by atoms with E-state index in [1.54, 1.807) is 30.3 Å². The average Bonchev–Trinajstić information content (AvgIpc) is 3.23. The Labute approximate surface area is 213 Å². The molecule has 2 atom stereocenters. The van der Waals surface area contributed by atoms with Gasteiger partial charge in [0.05, 0.1) is 34.3 Å². The van der Waals surface area contributed by atoms with Crippen molar-refractivity contribution in [1.82, 2.24) is 15.1 Å². The third-order valence-corrected chi connectivity index (χ3v) is 6.17. The molecule has 0 saturated carbocycles. The second-order valence-electron chi connectivity index (χ2n) is 9.07. The molecule has 2 unspecified atom stereocenters. The number of nitrogens with one attached hydrogen (secondary N) is 1. The average molecular weight is 520 g/mol. The minimum atomic E-state index is -1.12. The standard InChI is InChI=1S/C25H27Cl2N3O5/c1-25(2,3)20(31)14-35-21-12-19(29-30(21)15-8-5-4-6-9-15)24(34)28-18(13-22(32)33)16-10-7-11-17(26)23(16)27/h4-12,18,20,31H,13-14H2,1-3H3,(H,28,34)(H,32,33). The lowest BCUT2D eigenvalue weighted by atomic mass is 9.90. The van der Waals surface area contributed by atoms with Crippen LogP contribution in [0.4, 0.5) is 0 Å². The van der Waals surface area contributed by atoms with E-state index >= 15 is 0 Å². The number of carboxylic acid groups (broad SMARTS) is 1. The summed E-state index contributed by atoms with van der Waals surface area (Å²) >= 11 is 12.4. The molecule has 8 nitrogen and oxygen atoms in total. The number of para-hydroxylation sites is 1. The van der Waals surface area contributed by atoms with Crippen LogP contribution in [0.25, 0.3) is 5.69 Å². The number of carboxylic acids is 1. The third-order valence-electron chi connectivity index (χ3n) is 5.34. The van der Waals surface area contributed by atoms with Gasteiger partial charge in [-0.3, -0.25) is 9.59 Å². The van der Waals surface area contributed by atoms with Crippen LogP contribution in [-0.2, 0) is 4.79 Å². The summed E-state index contributed by atoms with van der Waals surface area (Å²) in [4.78, 5) is 24.6. The van der Waals surface area contributed by atoms with E-state index in [0.717, 1.165) is 0 Å². The number of aliphatic carboxylic acids is 1. The van der Waals surface area contributed by atoms with E-state index in [4.69, 9.17) is 27.9 Å². The number of amides is 1. The van der Waals surface area contributed by atoms with Gasteiger partial charge in [-0.05, 0) is 29.2 Å². The van der Waals surface area contributed by atoms with Crippen molar-refractivity contribution in [3.8, 4) is 11.6 Å². The van der Waals surface area contributed by atoms with Crippen molar-refractivity contribution in [1.29, 1.82) is 0 Å². The van der Waals surface area contributed by atoms with Gasteiger partial charge in [0.1, 0.15) is 6.61 Å². The number of aliphatic hydroxyl groups is 1. The first-order valence-electron chi connectivity index (χ1n) is 10.9. The Morgan fingerprint density at radius 1 is 1.11 bits per heavy atom. The molecule has 1 amide bonds. The quantitative estimate of drug-likeness (QED) is 0.370. The highest BCUT2D eigenvalue weighted by Gasteiger charge is 2.26. The van der Waals surface area contributed by atoms with Crippen molar-refractivity contribution >= 4 is 35.1 Å². The number of hydrogen-bond donors (Lipinski definition) is 3. The molecule has 186 valence electrons. The number of carbonyl (C=O) groups excluding carboxylic acids is 1. The molecule has 0 spiro atoms. The van der Waals surface area contributed by atoms with E-state index in [-0.39, 0.29) is 28.2 Å². The van der Waals surface area contributed by atoms with Crippen LogP contribution in [0.5, 0.6) is 5.88 Å². The van der Waals surface area contributed by atoms with Crippen molar-refractivity contribution in [3.63, 3.8) is 0 Å². The first-order chi connectivity index (χ1) is 16.5. The largest absolute Gasteiger partial charge is 0.481 e. The van der Waals surface area contributed by atoms with E-state index in [0.29, 0.717) is 11.3 Å². The van der Waals surface area contributed by atoms with Gasteiger partial charge >= 0.3 is 5.97 Å². The van der Waals surface area contributed by atoms with Crippen LogP contribution < -0.4 is 10.1 Å². The van der Waals surface area contributed by atoms with E-state index in [2.05, 4.69) is 10.4 Å². The van der Waals surface area contributed by atoms with Crippen LogP contribution >= 0.6 is 23.2 Å². The molecule has 0 radical (unpaired) electrons. The second-order valence-corrected chi connectivity index (χ2v) is 9.86. The molecule has 1 aromatic heterocycles. The summed E-state index contributed by atoms with van der Waals surface area (Å²) in [5, 5.41) is 27.2. The van der Waals surface area contributed by atoms with Gasteiger partial charge in [0.15, 0.2) is 5.69 Å². The maximum atomic E-state index is 13.1. The first kappa shape index (κ1) is 26.5. The van der Waals surface area contributed by atoms with Gasteiger partial charge in [0.25, 0.3) is 5.91 Å². The molecule has 3 aromatic rings. The van der Waals surface area contributed by atoms with Crippen LogP contribution in [0.15, 0.2) is 54.6 Å². The SMILES string of the molecule is CC(C)(C)C(O)COc1cc(C(=O)NC(CC(=O)O)c2cccc(Cl)c2Cl)nn1-c1ccccc1. The molecule has 10 heteroatoms. The van der Waals surface area contributed by atoms with Crippen LogP contribution in [0.2, 0.25) is 10.0 Å². The second kappa shape index (κ2) is 11.1. The number of benzene rings is 2. The Hall–Kier alpha value is -3.07. The van der Waals surface area contributed by atoms with Crippen molar-refractivity contribution in [2.45, 2.75) is 39.3 Å². The van der Waals surface area contributed by atoms with E-state index in [9.17, 15) is 19.8 Å². The smallest absolute Gasteiger partial charge is 0.305 e. The van der Waals surface area contributed by atoms with Crippen molar-refractivity contribution in [3.05, 3.63) is 75.9 Å². The number of halogens is 2. The summed E-state index contributed by atoms with van der Waals surface area (Å²) in [6, 6.07) is 14.4. The van der Waals surface area contributed by atoms with Gasteiger partial charge in [-0.25, -0.2) is 4.68 Å². The summed E-state index contributed by atoms with van der Waals surface area (Å²) in [7, 11) is 0. The van der Waals surface area contributed by atoms with Crippen LogP contribution in [0.1, 0.15) is 49.3 Å². The van der Waals surface area contributed by atoms with Crippen molar-refractivity contribution in [2.24, 2.45) is 5.41 Å². The molecule has 0 aliphatic rings. The lowest BCUT2D eigenvalue weighted by Crippen LogP contribution is -2.32. The molecule has 0 aliphatic carbocycles. The summed E-state index contributed by atoms with van der Waals surface area (Å²) < 4.78 is 7.28. The highest BCUT2D eigenvalue weighted by Crippen LogP contribution is 2.32. The van der Waals surface area contributed by atoms with E-state index in [1.165, 1.54) is 10.7 Å². The Morgan fingerprint density at radius 2 is 1.80 bits per heavy atom. The zero-order valence-corrected chi connectivity index (χ0v) is 21.0. The van der Waals surface area contributed by atoms with Gasteiger partial charge in [-0.15, -0.1) is 0 Å². The maximum absolute atomic E-state index is 13.1. The number of ether oxygens (including phenoxy) is 1. The number of nitrogens with zero attached hydrogens (tertiary/aromatic N) is 2. The number of carbonyl (C=O) groups is 2. The molecule has 3 rings (SSSR count). The summed E-state index contributed by atoms with van der Waals surface area (Å²) in [5.74, 6) is -1.50. The number of hydrogen-bond acceptors (Lipinski definition) is 5. The number of aliphatic hydroxyl groups excluding tert-OH is 1. The third kappa shape index (κ3) is 6.75. The van der Waals surface area contributed by atoms with Crippen LogP contribution in [0, 0.1) is 5.41 Å². The van der Waals surface area contributed by atoms with Gasteiger partial charge < -0.3 is 20.3 Å². The summed E-state index contributed by atoms with van der Waals surface area (Å²) in [5.41, 5.74) is 0.620. The number of aromatic nitrogens is 2. The van der Waals surface area contributed by atoms with Crippen molar-refractivity contribution < 1.29 is 24.5 Å². The van der Waals surface area contributed by atoms with Gasteiger partial charge in [-0.1, -0.05) is 74.3 Å². The molecular weight excluding hydrogens is 493 g/mol. The fraction of sp³-hybridized carbons (Fsp3) is 0.320. The Kier molecular flexibility index (Phi) is 8.43. The number of rotatable bonds is 9. The van der Waals surface area contributed by atoms with Crippen LogP contribution in [0.3, 0.4) is 0 Å². The normalized spacial score (nSPS) is 13.2. The van der Waals surface area contributed by atoms with Gasteiger partial charge in [-0.2, -0.15) is 5.10 Å². The molecule has 1 heterocycles. The maximum Gasteiger partial charge on any atom is 0.305 e. The van der Waals surface area contributed by atoms with E-state index in [1.807, 2.05) is 39.0 Å². The van der Waals surface area contributed by atoms with Gasteiger partial charge in [0.2, 0.25) is 5.88 Å². The zero-order chi connectivity index (χ0) is 25.8. The van der Waals surface area contributed by atoms with Crippen molar-refractivity contribution in [2.75, 3.05) is 6.61 Å². The molecule has 0 saturated heterocycles. The molecule has 0 fully saturated rings. The summed E-state index contributed by atoms with van der Waals surface area (Å²) in [6.45, 7) is 5.65. The minimum absolute atomic E-state index is 0.00245. The Morgan fingerprint density at radius 3 is 2.43 bits per heavy atom. The highest BCUT2D eigenvalue weighted by molar-refractivity contribution is 6.42. The lowest BCUT2D eigenvalue weighted by molar-refractivity contribution is -0.137. The fourth-order valence-electron chi connectivity index (χ4n) is 3.18. The topological polar surface area (TPSA) is 114 Å². The molecule has 3 N–H and O–H groups in total. The fourth-order valence-corrected chi connectivity index (χ4v) is 3.62. The molecule has 0 aliphatic heterocycles. The highest BCUT2D eigenvalue weighted by atomic mass is 35.5. The monoisotopic (exact) mass is 519 g/mol. The molecule has 0 bridgehead atoms. The van der Waals surface area contributed by atoms with Crippen LogP contribution in [-0.4, -0.2) is 44.6 Å². The minimum Gasteiger partial charge on any atom is -0.481 e. The predicted octanol–water partition coefficient (Wildman–Crippen LogP) is 4.91. The van der Waals surface area contributed by atoms with E-state index < -0.39 is 35.9 Å². The predicted molar refractivity (Wildman–Crippen MR) is 133 cm³/mol. The molecule has 2 aromatic carbocycles.